The van der Waals surface area contributed by atoms with Crippen LogP contribution in [-0.4, -0.2) is 57.5 Å². The number of piperidine rings is 1. The molecule has 25 heavy (non-hydrogen) atoms. The topological polar surface area (TPSA) is 93.1 Å². The molecule has 0 bridgehead atoms. The zero-order chi connectivity index (χ0) is 17.6. The summed E-state index contributed by atoms with van der Waals surface area (Å²) in [7, 11) is 1.53. The summed E-state index contributed by atoms with van der Waals surface area (Å²) in [6, 6.07) is 3.62. The van der Waals surface area contributed by atoms with Crippen molar-refractivity contribution in [2.45, 2.75) is 25.7 Å². The molecule has 1 N–H and O–H groups in total. The Balaban J connectivity index is 1.76. The Morgan fingerprint density at radius 2 is 2.16 bits per heavy atom. The van der Waals surface area contributed by atoms with Crippen molar-refractivity contribution in [3.8, 4) is 0 Å². The molecule has 1 aliphatic heterocycles. The van der Waals surface area contributed by atoms with E-state index in [9.17, 15) is 4.79 Å². The van der Waals surface area contributed by atoms with E-state index in [1.807, 2.05) is 17.9 Å². The van der Waals surface area contributed by atoms with E-state index in [1.165, 1.54) is 7.11 Å². The van der Waals surface area contributed by atoms with E-state index in [0.717, 1.165) is 30.9 Å². The van der Waals surface area contributed by atoms with Gasteiger partial charge in [-0.15, -0.1) is 0 Å². The second-order valence-corrected chi connectivity index (χ2v) is 6.06. The van der Waals surface area contributed by atoms with Crippen LogP contribution in [0.1, 0.15) is 30.3 Å². The van der Waals surface area contributed by atoms with Crippen LogP contribution in [0, 0.1) is 6.92 Å². The number of rotatable bonds is 5. The molecule has 2 aromatic heterocycles. The molecule has 3 rings (SSSR count). The Labute approximate surface area is 146 Å². The predicted molar refractivity (Wildman–Crippen MR) is 92.5 cm³/mol. The number of methoxy groups -OCH3 is 1. The van der Waals surface area contributed by atoms with Gasteiger partial charge in [0, 0.05) is 50.3 Å². The van der Waals surface area contributed by atoms with E-state index in [2.05, 4.69) is 25.3 Å². The van der Waals surface area contributed by atoms with Crippen molar-refractivity contribution in [2.24, 2.45) is 0 Å². The fraction of sp³-hybridized carbons (Fsp3) is 0.471. The summed E-state index contributed by atoms with van der Waals surface area (Å²) < 4.78 is 4.96. The van der Waals surface area contributed by atoms with Gasteiger partial charge in [-0.25, -0.2) is 19.9 Å². The number of ether oxygens (including phenoxy) is 1. The first-order chi connectivity index (χ1) is 12.2. The first-order valence-electron chi connectivity index (χ1n) is 8.32. The lowest BCUT2D eigenvalue weighted by atomic mass is 9.97. The zero-order valence-electron chi connectivity index (χ0n) is 14.5. The zero-order valence-corrected chi connectivity index (χ0v) is 14.5. The molecule has 0 radical (unpaired) electrons. The highest BCUT2D eigenvalue weighted by atomic mass is 16.5. The summed E-state index contributed by atoms with van der Waals surface area (Å²) in [5, 5.41) is 3.10. The van der Waals surface area contributed by atoms with Crippen molar-refractivity contribution >= 4 is 17.7 Å². The summed E-state index contributed by atoms with van der Waals surface area (Å²) in [6.07, 6.45) is 5.24. The van der Waals surface area contributed by atoms with Crippen LogP contribution >= 0.6 is 0 Å². The molecule has 2 aromatic rings. The van der Waals surface area contributed by atoms with Crippen LogP contribution in [0.2, 0.25) is 0 Å². The second kappa shape index (κ2) is 7.98. The molecule has 1 amide bonds. The monoisotopic (exact) mass is 342 g/mol. The van der Waals surface area contributed by atoms with E-state index >= 15 is 0 Å². The number of hydrogen-bond donors (Lipinski definition) is 1. The maximum Gasteiger partial charge on any atom is 0.248 e. The number of likely N-dealkylation sites (tertiary alicyclic amines) is 1. The Bertz CT molecular complexity index is 724. The molecule has 8 nitrogen and oxygen atoms in total. The lowest BCUT2D eigenvalue weighted by Gasteiger charge is -2.32. The van der Waals surface area contributed by atoms with Crippen molar-refractivity contribution in [3.63, 3.8) is 0 Å². The predicted octanol–water partition coefficient (Wildman–Crippen LogP) is 1.67. The van der Waals surface area contributed by atoms with Crippen LogP contribution in [-0.2, 0) is 9.53 Å². The number of anilines is 2. The fourth-order valence-electron chi connectivity index (χ4n) is 2.95. The molecule has 1 aliphatic rings. The highest BCUT2D eigenvalue weighted by Crippen LogP contribution is 2.26. The summed E-state index contributed by atoms with van der Waals surface area (Å²) in [4.78, 5) is 31.4. The first-order valence-corrected chi connectivity index (χ1v) is 8.32. The van der Waals surface area contributed by atoms with Crippen molar-refractivity contribution in [1.29, 1.82) is 0 Å². The maximum absolute atomic E-state index is 12.1. The third-order valence-corrected chi connectivity index (χ3v) is 4.08. The molecule has 3 heterocycles. The van der Waals surface area contributed by atoms with E-state index in [4.69, 9.17) is 4.74 Å². The van der Waals surface area contributed by atoms with Crippen molar-refractivity contribution in [2.75, 3.05) is 32.1 Å². The van der Waals surface area contributed by atoms with Gasteiger partial charge in [-0.3, -0.25) is 4.79 Å². The Morgan fingerprint density at radius 3 is 2.92 bits per heavy atom. The molecule has 8 heteroatoms. The number of carbonyl (C=O) groups is 1. The smallest absolute Gasteiger partial charge is 0.248 e. The molecular weight excluding hydrogens is 320 g/mol. The standard InChI is InChI=1S/C17H22N6O2/c1-12-9-14(22-17-18-6-4-7-19-17)21-16(20-12)13-5-3-8-23(10-13)15(24)11-25-2/h4,6-7,9,13H,3,5,8,10-11H2,1-2H3,(H,18,19,20,21,22)/t13-/m1/s1. The van der Waals surface area contributed by atoms with Crippen molar-refractivity contribution in [1.82, 2.24) is 24.8 Å². The van der Waals surface area contributed by atoms with Crippen LogP contribution in [0.4, 0.5) is 11.8 Å². The first kappa shape index (κ1) is 17.2. The molecular formula is C17H22N6O2. The van der Waals surface area contributed by atoms with E-state index in [1.54, 1.807) is 18.5 Å². The van der Waals surface area contributed by atoms with Gasteiger partial charge in [-0.2, -0.15) is 0 Å². The van der Waals surface area contributed by atoms with Gasteiger partial charge in [-0.1, -0.05) is 0 Å². The van der Waals surface area contributed by atoms with Gasteiger partial charge in [0.25, 0.3) is 0 Å². The second-order valence-electron chi connectivity index (χ2n) is 6.06. The van der Waals surface area contributed by atoms with Crippen LogP contribution in [0.15, 0.2) is 24.5 Å². The van der Waals surface area contributed by atoms with Gasteiger partial charge in [0.15, 0.2) is 0 Å². The van der Waals surface area contributed by atoms with Gasteiger partial charge < -0.3 is 15.0 Å². The number of carbonyl (C=O) groups excluding carboxylic acids is 1. The largest absolute Gasteiger partial charge is 0.375 e. The molecule has 0 aliphatic carbocycles. The Kier molecular flexibility index (Phi) is 5.49. The van der Waals surface area contributed by atoms with Crippen LogP contribution in [0.5, 0.6) is 0 Å². The van der Waals surface area contributed by atoms with E-state index in [0.29, 0.717) is 18.3 Å². The number of nitrogens with zero attached hydrogens (tertiary/aromatic N) is 5. The minimum absolute atomic E-state index is 0.0101. The molecule has 0 saturated carbocycles. The Hall–Kier alpha value is -2.61. The summed E-state index contributed by atoms with van der Waals surface area (Å²) in [5.41, 5.74) is 0.865. The summed E-state index contributed by atoms with van der Waals surface area (Å²) in [6.45, 7) is 3.42. The highest BCUT2D eigenvalue weighted by molar-refractivity contribution is 5.77. The van der Waals surface area contributed by atoms with Gasteiger partial charge >= 0.3 is 0 Å². The molecule has 1 atom stereocenters. The number of aryl methyl sites for hydroxylation is 1. The number of amides is 1. The molecule has 132 valence electrons. The third-order valence-electron chi connectivity index (χ3n) is 4.08. The quantitative estimate of drug-likeness (QED) is 0.883. The average molecular weight is 342 g/mol. The number of hydrogen-bond acceptors (Lipinski definition) is 7. The lowest BCUT2D eigenvalue weighted by Crippen LogP contribution is -2.41. The lowest BCUT2D eigenvalue weighted by molar-refractivity contribution is -0.136. The minimum atomic E-state index is 0.0101. The highest BCUT2D eigenvalue weighted by Gasteiger charge is 2.26. The molecule has 0 aromatic carbocycles. The fourth-order valence-corrected chi connectivity index (χ4v) is 2.95. The van der Waals surface area contributed by atoms with Gasteiger partial charge in [-0.05, 0) is 25.8 Å². The molecule has 1 fully saturated rings. The molecule has 0 spiro atoms. The average Bonchev–Trinajstić information content (AvgIpc) is 2.62. The molecule has 1 saturated heterocycles. The Morgan fingerprint density at radius 1 is 1.36 bits per heavy atom. The van der Waals surface area contributed by atoms with Gasteiger partial charge in [0.2, 0.25) is 11.9 Å². The number of nitrogens with one attached hydrogen (secondary N) is 1. The maximum atomic E-state index is 12.1. The molecule has 0 unspecified atom stereocenters. The van der Waals surface area contributed by atoms with E-state index in [-0.39, 0.29) is 18.4 Å². The summed E-state index contributed by atoms with van der Waals surface area (Å²) >= 11 is 0. The van der Waals surface area contributed by atoms with Crippen LogP contribution < -0.4 is 5.32 Å². The SMILES string of the molecule is COCC(=O)N1CCC[C@@H](c2nc(C)cc(Nc3ncccn3)n2)C1. The van der Waals surface area contributed by atoms with Gasteiger partial charge in [0.05, 0.1) is 0 Å². The van der Waals surface area contributed by atoms with Crippen LogP contribution in [0.25, 0.3) is 0 Å². The number of aromatic nitrogens is 4. The minimum Gasteiger partial charge on any atom is -0.375 e. The summed E-state index contributed by atoms with van der Waals surface area (Å²) in [5.74, 6) is 2.03. The third kappa shape index (κ3) is 4.48. The van der Waals surface area contributed by atoms with Crippen molar-refractivity contribution < 1.29 is 9.53 Å². The normalized spacial score (nSPS) is 17.4. The van der Waals surface area contributed by atoms with Gasteiger partial charge in [0.1, 0.15) is 18.2 Å². The van der Waals surface area contributed by atoms with Crippen LogP contribution in [0.3, 0.4) is 0 Å². The van der Waals surface area contributed by atoms with Crippen molar-refractivity contribution in [3.05, 3.63) is 36.0 Å². The van der Waals surface area contributed by atoms with E-state index < -0.39 is 0 Å².